The quantitative estimate of drug-likeness (QED) is 0.658. The molecule has 0 aliphatic rings. The molecule has 2 nitrogen and oxygen atoms in total. The molecule has 0 saturated carbocycles. The molecule has 11 heavy (non-hydrogen) atoms. The number of aromatic nitrogens is 1. The lowest BCUT2D eigenvalue weighted by Gasteiger charge is -1.91. The van der Waals surface area contributed by atoms with Crippen molar-refractivity contribution in [2.75, 3.05) is 0 Å². The van der Waals surface area contributed by atoms with E-state index in [1.807, 2.05) is 0 Å². The highest BCUT2D eigenvalue weighted by atomic mass is 35.5. The van der Waals surface area contributed by atoms with Crippen LogP contribution in [0, 0.1) is 0 Å². The minimum Gasteiger partial charge on any atom is -0.451 e. The SMILES string of the molecule is CCCCCc1cocn1.Cl. The minimum absolute atomic E-state index is 0. The second-order valence-electron chi connectivity index (χ2n) is 2.44. The van der Waals surface area contributed by atoms with Gasteiger partial charge in [-0.2, -0.15) is 0 Å². The van der Waals surface area contributed by atoms with E-state index in [0.717, 1.165) is 12.1 Å². The molecule has 0 amide bonds. The molecule has 0 saturated heterocycles. The number of aryl methyl sites for hydroxylation is 1. The van der Waals surface area contributed by atoms with Gasteiger partial charge in [0.15, 0.2) is 6.39 Å². The normalized spacial score (nSPS) is 9.18. The van der Waals surface area contributed by atoms with Gasteiger partial charge in [0.05, 0.1) is 5.69 Å². The summed E-state index contributed by atoms with van der Waals surface area (Å²) in [5.41, 5.74) is 1.08. The molecule has 0 unspecified atom stereocenters. The highest BCUT2D eigenvalue weighted by Gasteiger charge is 1.93. The third kappa shape index (κ3) is 4.04. The number of unbranched alkanes of at least 4 members (excludes halogenated alkanes) is 2. The van der Waals surface area contributed by atoms with Crippen LogP contribution in [0.4, 0.5) is 0 Å². The average Bonchev–Trinajstić information content (AvgIpc) is 2.41. The molecule has 1 aromatic heterocycles. The summed E-state index contributed by atoms with van der Waals surface area (Å²) in [6.07, 6.45) is 8.04. The van der Waals surface area contributed by atoms with E-state index in [9.17, 15) is 0 Å². The molecule has 0 aliphatic carbocycles. The molecule has 0 N–H and O–H groups in total. The van der Waals surface area contributed by atoms with Gasteiger partial charge in [0.25, 0.3) is 0 Å². The van der Waals surface area contributed by atoms with Crippen LogP contribution in [0.2, 0.25) is 0 Å². The van der Waals surface area contributed by atoms with E-state index in [-0.39, 0.29) is 12.4 Å². The smallest absolute Gasteiger partial charge is 0.180 e. The first kappa shape index (κ1) is 10.5. The molecule has 0 fully saturated rings. The van der Waals surface area contributed by atoms with Gasteiger partial charge in [-0.05, 0) is 12.8 Å². The molecule has 0 aliphatic heterocycles. The first-order valence-corrected chi connectivity index (χ1v) is 3.80. The molecule has 1 rings (SSSR count). The van der Waals surface area contributed by atoms with Gasteiger partial charge in [-0.3, -0.25) is 0 Å². The molecule has 0 bridgehead atoms. The van der Waals surface area contributed by atoms with Crippen molar-refractivity contribution in [1.82, 2.24) is 4.98 Å². The van der Waals surface area contributed by atoms with Crippen molar-refractivity contribution in [2.45, 2.75) is 32.6 Å². The highest BCUT2D eigenvalue weighted by Crippen LogP contribution is 2.02. The van der Waals surface area contributed by atoms with E-state index in [1.165, 1.54) is 25.7 Å². The average molecular weight is 176 g/mol. The Morgan fingerprint density at radius 2 is 2.27 bits per heavy atom. The number of nitrogens with zero attached hydrogens (tertiary/aromatic N) is 1. The Kier molecular flexibility index (Phi) is 5.94. The Morgan fingerprint density at radius 1 is 1.45 bits per heavy atom. The Balaban J connectivity index is 0.000001000. The summed E-state index contributed by atoms with van der Waals surface area (Å²) in [7, 11) is 0. The summed E-state index contributed by atoms with van der Waals surface area (Å²) in [5.74, 6) is 0. The zero-order chi connectivity index (χ0) is 7.23. The van der Waals surface area contributed by atoms with Gasteiger partial charge in [-0.15, -0.1) is 12.4 Å². The molecule has 0 spiro atoms. The second kappa shape index (κ2) is 6.23. The van der Waals surface area contributed by atoms with Crippen LogP contribution in [0.3, 0.4) is 0 Å². The summed E-state index contributed by atoms with van der Waals surface area (Å²) < 4.78 is 4.83. The number of oxazole rings is 1. The second-order valence-corrected chi connectivity index (χ2v) is 2.44. The number of rotatable bonds is 4. The number of hydrogen-bond donors (Lipinski definition) is 0. The summed E-state index contributed by atoms with van der Waals surface area (Å²) in [6.45, 7) is 2.20. The predicted molar refractivity (Wildman–Crippen MR) is 47.0 cm³/mol. The lowest BCUT2D eigenvalue weighted by Crippen LogP contribution is -1.83. The van der Waals surface area contributed by atoms with Crippen molar-refractivity contribution in [3.8, 4) is 0 Å². The number of halogens is 1. The fourth-order valence-electron chi connectivity index (χ4n) is 0.917. The van der Waals surface area contributed by atoms with Crippen LogP contribution in [-0.2, 0) is 6.42 Å². The molecular formula is C8H14ClNO. The van der Waals surface area contributed by atoms with E-state index in [0.29, 0.717) is 0 Å². The Bertz CT molecular complexity index is 163. The van der Waals surface area contributed by atoms with E-state index >= 15 is 0 Å². The van der Waals surface area contributed by atoms with E-state index in [4.69, 9.17) is 4.42 Å². The number of hydrogen-bond acceptors (Lipinski definition) is 2. The van der Waals surface area contributed by atoms with Crippen molar-refractivity contribution in [3.63, 3.8) is 0 Å². The summed E-state index contributed by atoms with van der Waals surface area (Å²) >= 11 is 0. The van der Waals surface area contributed by atoms with Crippen molar-refractivity contribution in [3.05, 3.63) is 18.4 Å². The molecule has 0 radical (unpaired) electrons. The molecule has 1 heterocycles. The lowest BCUT2D eigenvalue weighted by molar-refractivity contribution is 0.555. The van der Waals surface area contributed by atoms with Crippen LogP contribution >= 0.6 is 12.4 Å². The van der Waals surface area contributed by atoms with Crippen LogP contribution in [0.5, 0.6) is 0 Å². The Hall–Kier alpha value is -0.500. The van der Waals surface area contributed by atoms with Crippen LogP contribution in [-0.4, -0.2) is 4.98 Å². The Morgan fingerprint density at radius 3 is 2.82 bits per heavy atom. The minimum atomic E-state index is 0. The van der Waals surface area contributed by atoms with Gasteiger partial charge in [0, 0.05) is 0 Å². The maximum absolute atomic E-state index is 4.83. The van der Waals surface area contributed by atoms with Crippen LogP contribution in [0.1, 0.15) is 31.9 Å². The van der Waals surface area contributed by atoms with E-state index < -0.39 is 0 Å². The molecular weight excluding hydrogens is 162 g/mol. The van der Waals surface area contributed by atoms with Gasteiger partial charge in [0.2, 0.25) is 0 Å². The van der Waals surface area contributed by atoms with Crippen LogP contribution in [0.15, 0.2) is 17.1 Å². The van der Waals surface area contributed by atoms with E-state index in [2.05, 4.69) is 11.9 Å². The third-order valence-corrected chi connectivity index (χ3v) is 1.52. The monoisotopic (exact) mass is 175 g/mol. The molecule has 64 valence electrons. The largest absolute Gasteiger partial charge is 0.451 e. The standard InChI is InChI=1S/C8H13NO.ClH/c1-2-3-4-5-8-6-10-7-9-8;/h6-7H,2-5H2,1H3;1H. The molecule has 0 atom stereocenters. The van der Waals surface area contributed by atoms with Gasteiger partial charge in [-0.25, -0.2) is 4.98 Å². The summed E-state index contributed by atoms with van der Waals surface area (Å²) in [5, 5.41) is 0. The van der Waals surface area contributed by atoms with Crippen molar-refractivity contribution >= 4 is 12.4 Å². The molecule has 0 aromatic carbocycles. The third-order valence-electron chi connectivity index (χ3n) is 1.52. The topological polar surface area (TPSA) is 26.0 Å². The first-order valence-electron chi connectivity index (χ1n) is 3.80. The van der Waals surface area contributed by atoms with Gasteiger partial charge < -0.3 is 4.42 Å². The van der Waals surface area contributed by atoms with Gasteiger partial charge in [0.1, 0.15) is 6.26 Å². The summed E-state index contributed by atoms with van der Waals surface area (Å²) in [6, 6.07) is 0. The fourth-order valence-corrected chi connectivity index (χ4v) is 0.917. The summed E-state index contributed by atoms with van der Waals surface area (Å²) in [4.78, 5) is 4.02. The van der Waals surface area contributed by atoms with Crippen molar-refractivity contribution in [1.29, 1.82) is 0 Å². The zero-order valence-electron chi connectivity index (χ0n) is 6.75. The van der Waals surface area contributed by atoms with Crippen molar-refractivity contribution in [2.24, 2.45) is 0 Å². The first-order chi connectivity index (χ1) is 4.93. The fraction of sp³-hybridized carbons (Fsp3) is 0.625. The zero-order valence-corrected chi connectivity index (χ0v) is 7.56. The lowest BCUT2D eigenvalue weighted by atomic mass is 10.2. The molecule has 3 heteroatoms. The molecule has 1 aromatic rings. The van der Waals surface area contributed by atoms with Gasteiger partial charge in [-0.1, -0.05) is 19.8 Å². The maximum atomic E-state index is 4.83. The highest BCUT2D eigenvalue weighted by molar-refractivity contribution is 5.85. The van der Waals surface area contributed by atoms with Crippen LogP contribution in [0.25, 0.3) is 0 Å². The maximum Gasteiger partial charge on any atom is 0.180 e. The Labute approximate surface area is 73.4 Å². The van der Waals surface area contributed by atoms with Crippen molar-refractivity contribution < 1.29 is 4.42 Å². The van der Waals surface area contributed by atoms with Gasteiger partial charge >= 0.3 is 0 Å². The van der Waals surface area contributed by atoms with E-state index in [1.54, 1.807) is 6.26 Å². The predicted octanol–water partition coefficient (Wildman–Crippen LogP) is 2.83. The van der Waals surface area contributed by atoms with Crippen LogP contribution < -0.4 is 0 Å².